The third kappa shape index (κ3) is 2.83. The number of fused-ring (bicyclic) bond motifs is 1. The van der Waals surface area contributed by atoms with Gasteiger partial charge in [0.15, 0.2) is 0 Å². The molecule has 0 aliphatic heterocycles. The van der Waals surface area contributed by atoms with Gasteiger partial charge in [-0.05, 0) is 76.6 Å². The normalized spacial score (nSPS) is 16.8. The molecule has 1 heterocycles. The highest BCUT2D eigenvalue weighted by Gasteiger charge is 2.19. The Hall–Kier alpha value is 0.410. The van der Waals surface area contributed by atoms with Gasteiger partial charge in [-0.2, -0.15) is 0 Å². The Bertz CT molecular complexity index is 602. The van der Waals surface area contributed by atoms with Crippen molar-refractivity contribution in [2.75, 3.05) is 5.32 Å². The molecule has 2 N–H and O–H groups in total. The summed E-state index contributed by atoms with van der Waals surface area (Å²) in [4.78, 5) is 8.04. The Kier molecular flexibility index (Phi) is 4.79. The van der Waals surface area contributed by atoms with Gasteiger partial charge >= 0.3 is 0 Å². The zero-order valence-electron chi connectivity index (χ0n) is 10.6. The van der Waals surface area contributed by atoms with E-state index in [2.05, 4.69) is 79.0 Å². The predicted molar refractivity (Wildman–Crippen MR) is 97.4 cm³/mol. The molecule has 3 nitrogen and oxygen atoms in total. The molecule has 7 heteroatoms. The van der Waals surface area contributed by atoms with Crippen molar-refractivity contribution < 1.29 is 0 Å². The second-order valence-electron chi connectivity index (χ2n) is 5.04. The number of H-pyrrole nitrogens is 1. The third-order valence-corrected chi connectivity index (χ3v) is 8.40. The Morgan fingerprint density at radius 2 is 1.55 bits per heavy atom. The van der Waals surface area contributed by atoms with E-state index in [1.807, 2.05) is 0 Å². The summed E-state index contributed by atoms with van der Waals surface area (Å²) in [5, 5.41) is 3.52. The summed E-state index contributed by atoms with van der Waals surface area (Å²) >= 11 is 14.3. The molecule has 0 atom stereocenters. The van der Waals surface area contributed by atoms with Crippen LogP contribution in [-0.2, 0) is 0 Å². The zero-order valence-corrected chi connectivity index (χ0v) is 16.9. The van der Waals surface area contributed by atoms with E-state index in [1.54, 1.807) is 0 Å². The van der Waals surface area contributed by atoms with Gasteiger partial charge in [-0.3, -0.25) is 0 Å². The summed E-state index contributed by atoms with van der Waals surface area (Å²) in [5.74, 6) is 0.846. The Balaban J connectivity index is 1.98. The van der Waals surface area contributed by atoms with Crippen molar-refractivity contribution in [2.45, 2.75) is 38.1 Å². The van der Waals surface area contributed by atoms with Crippen LogP contribution in [-0.4, -0.2) is 16.0 Å². The topological polar surface area (TPSA) is 40.7 Å². The molecular formula is C13H13Br4N3. The molecule has 2 aromatic rings. The number of nitrogens with zero attached hydrogens (tertiary/aromatic N) is 1. The van der Waals surface area contributed by atoms with Crippen molar-refractivity contribution in [3.8, 4) is 0 Å². The van der Waals surface area contributed by atoms with Gasteiger partial charge in [-0.1, -0.05) is 19.3 Å². The lowest BCUT2D eigenvalue weighted by atomic mass is 9.96. The van der Waals surface area contributed by atoms with E-state index in [4.69, 9.17) is 0 Å². The summed E-state index contributed by atoms with van der Waals surface area (Å²) in [6.07, 6.45) is 6.43. The summed E-state index contributed by atoms with van der Waals surface area (Å²) in [6.45, 7) is 0. The third-order valence-electron chi connectivity index (χ3n) is 3.66. The van der Waals surface area contributed by atoms with Crippen molar-refractivity contribution in [1.82, 2.24) is 9.97 Å². The van der Waals surface area contributed by atoms with Crippen molar-refractivity contribution in [1.29, 1.82) is 0 Å². The number of aromatic nitrogens is 2. The van der Waals surface area contributed by atoms with Gasteiger partial charge in [0.05, 0.1) is 14.5 Å². The number of rotatable bonds is 2. The SMILES string of the molecule is Brc1c(Br)c(Br)c2[nH]c(NC3CCCCC3)nc2c1Br. The van der Waals surface area contributed by atoms with Crippen LogP contribution in [0.1, 0.15) is 32.1 Å². The molecule has 3 rings (SSSR count). The number of hydrogen-bond acceptors (Lipinski definition) is 2. The molecule has 0 amide bonds. The molecule has 0 radical (unpaired) electrons. The maximum atomic E-state index is 4.67. The smallest absolute Gasteiger partial charge is 0.201 e. The van der Waals surface area contributed by atoms with Crippen LogP contribution >= 0.6 is 63.7 Å². The van der Waals surface area contributed by atoms with Gasteiger partial charge in [-0.15, -0.1) is 0 Å². The highest BCUT2D eigenvalue weighted by Crippen LogP contribution is 2.43. The predicted octanol–water partition coefficient (Wildman–Crippen LogP) is 6.36. The number of halogens is 4. The highest BCUT2D eigenvalue weighted by atomic mass is 79.9. The zero-order chi connectivity index (χ0) is 14.3. The molecule has 1 aromatic heterocycles. The van der Waals surface area contributed by atoms with E-state index in [1.165, 1.54) is 32.1 Å². The second-order valence-corrected chi connectivity index (χ2v) is 8.22. The standard InChI is InChI=1S/C13H13Br4N3/c14-7-8(15)10(17)12-11(9(7)16)19-13(20-12)18-6-4-2-1-3-5-6/h6H,1-5H2,(H2,18,19,20). The summed E-state index contributed by atoms with van der Waals surface area (Å²) in [5.41, 5.74) is 1.91. The molecule has 0 saturated heterocycles. The molecule has 1 aliphatic carbocycles. The van der Waals surface area contributed by atoms with E-state index in [0.29, 0.717) is 6.04 Å². The van der Waals surface area contributed by atoms with Gasteiger partial charge < -0.3 is 10.3 Å². The molecule has 0 unspecified atom stereocenters. The van der Waals surface area contributed by atoms with Crippen LogP contribution in [0.15, 0.2) is 17.9 Å². The molecule has 0 bridgehead atoms. The van der Waals surface area contributed by atoms with Crippen molar-refractivity contribution in [3.63, 3.8) is 0 Å². The molecule has 1 aliphatic rings. The monoisotopic (exact) mass is 527 g/mol. The summed E-state index contributed by atoms with van der Waals surface area (Å²) in [6, 6.07) is 0.536. The van der Waals surface area contributed by atoms with Crippen LogP contribution in [0.3, 0.4) is 0 Å². The fraction of sp³-hybridized carbons (Fsp3) is 0.462. The van der Waals surface area contributed by atoms with Crippen LogP contribution in [0, 0.1) is 0 Å². The lowest BCUT2D eigenvalue weighted by molar-refractivity contribution is 0.461. The van der Waals surface area contributed by atoms with Crippen molar-refractivity contribution in [2.24, 2.45) is 0 Å². The molecule has 20 heavy (non-hydrogen) atoms. The van der Waals surface area contributed by atoms with E-state index in [0.717, 1.165) is 34.9 Å². The highest BCUT2D eigenvalue weighted by molar-refractivity contribution is 9.15. The Morgan fingerprint density at radius 1 is 0.900 bits per heavy atom. The minimum Gasteiger partial charge on any atom is -0.353 e. The van der Waals surface area contributed by atoms with E-state index in [-0.39, 0.29) is 0 Å². The van der Waals surface area contributed by atoms with E-state index >= 15 is 0 Å². The minimum atomic E-state index is 0.536. The largest absolute Gasteiger partial charge is 0.353 e. The average Bonchev–Trinajstić information content (AvgIpc) is 2.88. The van der Waals surface area contributed by atoms with Gasteiger partial charge in [0.25, 0.3) is 0 Å². The number of aromatic amines is 1. The van der Waals surface area contributed by atoms with Crippen molar-refractivity contribution >= 4 is 80.7 Å². The maximum absolute atomic E-state index is 4.67. The summed E-state index contributed by atoms with van der Waals surface area (Å²) in [7, 11) is 0. The Labute approximate surface area is 151 Å². The van der Waals surface area contributed by atoms with Gasteiger partial charge in [0.1, 0.15) is 5.52 Å². The Morgan fingerprint density at radius 3 is 2.25 bits per heavy atom. The first kappa shape index (κ1) is 15.3. The fourth-order valence-electron chi connectivity index (χ4n) is 2.61. The number of imidazole rings is 1. The number of hydrogen-bond donors (Lipinski definition) is 2. The fourth-order valence-corrected chi connectivity index (χ4v) is 4.89. The van der Waals surface area contributed by atoms with Crippen LogP contribution in [0.2, 0.25) is 0 Å². The summed E-state index contributed by atoms with van der Waals surface area (Å²) < 4.78 is 3.87. The molecule has 1 aromatic carbocycles. The first-order valence-corrected chi connectivity index (χ1v) is 9.73. The number of nitrogens with one attached hydrogen (secondary N) is 2. The van der Waals surface area contributed by atoms with Crippen LogP contribution in [0.25, 0.3) is 11.0 Å². The number of benzene rings is 1. The molecule has 0 spiro atoms. The van der Waals surface area contributed by atoms with Gasteiger partial charge in [0, 0.05) is 15.0 Å². The molecular weight excluding hydrogens is 518 g/mol. The lowest BCUT2D eigenvalue weighted by Gasteiger charge is -2.22. The van der Waals surface area contributed by atoms with Crippen LogP contribution < -0.4 is 5.32 Å². The number of anilines is 1. The van der Waals surface area contributed by atoms with Gasteiger partial charge in [0.2, 0.25) is 5.95 Å². The first-order chi connectivity index (χ1) is 9.58. The lowest BCUT2D eigenvalue weighted by Crippen LogP contribution is -2.22. The van der Waals surface area contributed by atoms with Crippen molar-refractivity contribution in [3.05, 3.63) is 17.9 Å². The van der Waals surface area contributed by atoms with Crippen LogP contribution in [0.5, 0.6) is 0 Å². The average molecular weight is 531 g/mol. The van der Waals surface area contributed by atoms with Gasteiger partial charge in [-0.25, -0.2) is 4.98 Å². The van der Waals surface area contributed by atoms with Crippen LogP contribution in [0.4, 0.5) is 5.95 Å². The van der Waals surface area contributed by atoms with E-state index in [9.17, 15) is 0 Å². The molecule has 108 valence electrons. The first-order valence-electron chi connectivity index (χ1n) is 6.56. The minimum absolute atomic E-state index is 0.536. The molecule has 1 fully saturated rings. The maximum Gasteiger partial charge on any atom is 0.201 e. The van der Waals surface area contributed by atoms with E-state index < -0.39 is 0 Å². The quantitative estimate of drug-likeness (QED) is 0.350. The molecule has 1 saturated carbocycles. The second kappa shape index (κ2) is 6.26.